The number of benzene rings is 2. The predicted octanol–water partition coefficient (Wildman–Crippen LogP) is 3.38. The van der Waals surface area contributed by atoms with Gasteiger partial charge in [0.1, 0.15) is 5.84 Å². The molecule has 7 nitrogen and oxygen atoms in total. The number of carbonyl (C=O) groups excluding carboxylic acids is 2. The van der Waals surface area contributed by atoms with Crippen molar-refractivity contribution in [3.8, 4) is 0 Å². The zero-order chi connectivity index (χ0) is 21.7. The van der Waals surface area contributed by atoms with Crippen molar-refractivity contribution in [1.82, 2.24) is 4.72 Å². The van der Waals surface area contributed by atoms with Crippen molar-refractivity contribution in [3.63, 3.8) is 0 Å². The Kier molecular flexibility index (Phi) is 6.66. The molecule has 1 heterocycles. The average Bonchev–Trinajstić information content (AvgIpc) is 3.20. The lowest BCUT2D eigenvalue weighted by Crippen LogP contribution is -2.29. The number of rotatable bonds is 7. The van der Waals surface area contributed by atoms with Gasteiger partial charge < -0.3 is 5.32 Å². The summed E-state index contributed by atoms with van der Waals surface area (Å²) in [6, 6.07) is 11.7. The number of hydrogen-bond donors (Lipinski definition) is 2. The van der Waals surface area contributed by atoms with Crippen LogP contribution < -0.4 is 10.0 Å². The van der Waals surface area contributed by atoms with E-state index in [1.807, 2.05) is 32.0 Å². The van der Waals surface area contributed by atoms with Gasteiger partial charge in [-0.1, -0.05) is 23.8 Å². The maximum absolute atomic E-state index is 12.5. The van der Waals surface area contributed by atoms with Crippen LogP contribution in [-0.2, 0) is 14.8 Å². The van der Waals surface area contributed by atoms with E-state index < -0.39 is 10.0 Å². The molecular weight excluding hydrogens is 402 g/mol. The van der Waals surface area contributed by atoms with Crippen molar-refractivity contribution in [2.45, 2.75) is 44.4 Å². The number of aliphatic imine (C=N–C) groups is 1. The van der Waals surface area contributed by atoms with Crippen LogP contribution in [0.25, 0.3) is 0 Å². The van der Waals surface area contributed by atoms with Crippen LogP contribution in [-0.4, -0.2) is 32.5 Å². The van der Waals surface area contributed by atoms with Crippen molar-refractivity contribution in [2.24, 2.45) is 4.99 Å². The Morgan fingerprint density at radius 1 is 1.07 bits per heavy atom. The molecule has 0 bridgehead atoms. The maximum Gasteiger partial charge on any atom is 0.262 e. The Morgan fingerprint density at radius 3 is 2.60 bits per heavy atom. The van der Waals surface area contributed by atoms with E-state index in [4.69, 9.17) is 0 Å². The first kappa shape index (κ1) is 21.7. The number of amidine groups is 1. The fourth-order valence-electron chi connectivity index (χ4n) is 3.20. The zero-order valence-corrected chi connectivity index (χ0v) is 17.9. The second-order valence-electron chi connectivity index (χ2n) is 7.36. The summed E-state index contributed by atoms with van der Waals surface area (Å²) in [6.45, 7) is 4.40. The van der Waals surface area contributed by atoms with Gasteiger partial charge in [0.05, 0.1) is 4.90 Å². The maximum atomic E-state index is 12.5. The first-order chi connectivity index (χ1) is 14.2. The van der Waals surface area contributed by atoms with Gasteiger partial charge in [-0.15, -0.1) is 0 Å². The highest BCUT2D eigenvalue weighted by Crippen LogP contribution is 2.18. The number of anilines is 1. The Hall–Kier alpha value is -3.00. The van der Waals surface area contributed by atoms with Gasteiger partial charge in [-0.05, 0) is 50.1 Å². The van der Waals surface area contributed by atoms with E-state index in [1.54, 1.807) is 12.1 Å². The van der Waals surface area contributed by atoms with Crippen molar-refractivity contribution >= 4 is 33.2 Å². The molecule has 3 rings (SSSR count). The smallest absolute Gasteiger partial charge is 0.262 e. The van der Waals surface area contributed by atoms with Crippen LogP contribution in [0, 0.1) is 13.8 Å². The van der Waals surface area contributed by atoms with Crippen LogP contribution in [0.3, 0.4) is 0 Å². The molecular formula is C22H25N3O4S. The largest absolute Gasteiger partial charge is 0.326 e. The molecule has 1 amide bonds. The predicted molar refractivity (Wildman–Crippen MR) is 116 cm³/mol. The molecule has 8 heteroatoms. The third-order valence-corrected chi connectivity index (χ3v) is 6.21. The van der Waals surface area contributed by atoms with Crippen molar-refractivity contribution in [3.05, 3.63) is 59.2 Å². The number of nitrogens with zero attached hydrogens (tertiary/aromatic N) is 1. The van der Waals surface area contributed by atoms with E-state index in [9.17, 15) is 18.0 Å². The third kappa shape index (κ3) is 5.54. The molecule has 0 radical (unpaired) electrons. The second-order valence-corrected chi connectivity index (χ2v) is 9.04. The molecule has 0 spiro atoms. The van der Waals surface area contributed by atoms with Gasteiger partial charge in [0, 0.05) is 37.1 Å². The zero-order valence-electron chi connectivity index (χ0n) is 17.1. The summed E-state index contributed by atoms with van der Waals surface area (Å²) in [5.74, 6) is 0.00920. The number of Topliss-reactive ketones (excluding diaryl/α,β-unsaturated/α-hetero) is 1. The number of ketones is 1. The van der Waals surface area contributed by atoms with E-state index in [0.29, 0.717) is 30.1 Å². The second kappa shape index (κ2) is 9.21. The van der Waals surface area contributed by atoms with Crippen molar-refractivity contribution in [1.29, 1.82) is 0 Å². The standard InChI is InChI=1S/C22H25N3O4S/c1-15-8-9-16(2)19(13-15)20(26)10-11-22(27)24-17-5-3-6-18(14-17)30(28,29)25-21-7-4-12-23-21/h3,5-6,8-9,13-14H,4,7,10-12H2,1-2H3,(H,23,25)(H,24,27). The van der Waals surface area contributed by atoms with Gasteiger partial charge in [-0.3, -0.25) is 19.3 Å². The first-order valence-electron chi connectivity index (χ1n) is 9.81. The van der Waals surface area contributed by atoms with Crippen molar-refractivity contribution in [2.75, 3.05) is 11.9 Å². The number of hydrogen-bond acceptors (Lipinski definition) is 5. The van der Waals surface area contributed by atoms with Gasteiger partial charge in [0.15, 0.2) is 5.78 Å². The summed E-state index contributed by atoms with van der Waals surface area (Å²) in [4.78, 5) is 28.9. The minimum atomic E-state index is -3.76. The van der Waals surface area contributed by atoms with Crippen LogP contribution in [0.5, 0.6) is 0 Å². The van der Waals surface area contributed by atoms with E-state index in [0.717, 1.165) is 17.5 Å². The Labute approximate surface area is 176 Å². The SMILES string of the molecule is Cc1ccc(C)c(C(=O)CCC(=O)Nc2cccc(S(=O)(=O)NC3=NCCC3)c2)c1. The molecule has 0 saturated heterocycles. The third-order valence-electron chi connectivity index (χ3n) is 4.83. The molecule has 158 valence electrons. The van der Waals surface area contributed by atoms with Crippen molar-refractivity contribution < 1.29 is 18.0 Å². The minimum absolute atomic E-state index is 0.0122. The van der Waals surface area contributed by atoms with Crippen LogP contribution in [0.1, 0.15) is 47.2 Å². The molecule has 2 N–H and O–H groups in total. The van der Waals surface area contributed by atoms with Crippen LogP contribution in [0.15, 0.2) is 52.4 Å². The fourth-order valence-corrected chi connectivity index (χ4v) is 4.33. The number of nitrogens with one attached hydrogen (secondary N) is 2. The summed E-state index contributed by atoms with van der Waals surface area (Å²) >= 11 is 0. The normalized spacial score (nSPS) is 13.6. The molecule has 2 aromatic rings. The summed E-state index contributed by atoms with van der Waals surface area (Å²) in [5, 5.41) is 2.67. The van der Waals surface area contributed by atoms with Gasteiger partial charge >= 0.3 is 0 Å². The highest BCUT2D eigenvalue weighted by atomic mass is 32.2. The molecule has 1 aliphatic rings. The molecule has 0 atom stereocenters. The lowest BCUT2D eigenvalue weighted by atomic mass is 9.99. The number of sulfonamides is 1. The molecule has 0 unspecified atom stereocenters. The molecule has 0 aliphatic carbocycles. The first-order valence-corrected chi connectivity index (χ1v) is 11.3. The monoisotopic (exact) mass is 427 g/mol. The Morgan fingerprint density at radius 2 is 1.87 bits per heavy atom. The van der Waals surface area contributed by atoms with E-state index in [2.05, 4.69) is 15.0 Å². The van der Waals surface area contributed by atoms with Crippen LogP contribution in [0.4, 0.5) is 5.69 Å². The fraction of sp³-hybridized carbons (Fsp3) is 0.318. The van der Waals surface area contributed by atoms with Gasteiger partial charge in [0.25, 0.3) is 10.0 Å². The molecule has 0 saturated carbocycles. The average molecular weight is 428 g/mol. The number of carbonyl (C=O) groups is 2. The topological polar surface area (TPSA) is 105 Å². The van der Waals surface area contributed by atoms with Gasteiger partial charge in [0.2, 0.25) is 5.91 Å². The van der Waals surface area contributed by atoms with Gasteiger partial charge in [-0.25, -0.2) is 8.42 Å². The number of amides is 1. The summed E-state index contributed by atoms with van der Waals surface area (Å²) in [5.41, 5.74) is 2.85. The van der Waals surface area contributed by atoms with Crippen LogP contribution >= 0.6 is 0 Å². The highest BCUT2D eigenvalue weighted by Gasteiger charge is 2.19. The molecule has 2 aromatic carbocycles. The summed E-state index contributed by atoms with van der Waals surface area (Å²) < 4.78 is 27.5. The quantitative estimate of drug-likeness (QED) is 0.661. The summed E-state index contributed by atoms with van der Waals surface area (Å²) in [7, 11) is -3.76. The molecule has 0 fully saturated rings. The van der Waals surface area contributed by atoms with E-state index in [1.165, 1.54) is 12.1 Å². The lowest BCUT2D eigenvalue weighted by Gasteiger charge is -2.10. The molecule has 30 heavy (non-hydrogen) atoms. The minimum Gasteiger partial charge on any atom is -0.326 e. The highest BCUT2D eigenvalue weighted by molar-refractivity contribution is 7.90. The van der Waals surface area contributed by atoms with Crippen LogP contribution in [0.2, 0.25) is 0 Å². The summed E-state index contributed by atoms with van der Waals surface area (Å²) in [6.07, 6.45) is 1.52. The van der Waals surface area contributed by atoms with E-state index in [-0.39, 0.29) is 29.4 Å². The van der Waals surface area contributed by atoms with E-state index >= 15 is 0 Å². The lowest BCUT2D eigenvalue weighted by molar-refractivity contribution is -0.116. The van der Waals surface area contributed by atoms with Gasteiger partial charge in [-0.2, -0.15) is 0 Å². The molecule has 0 aromatic heterocycles. The Bertz CT molecular complexity index is 1110. The molecule has 1 aliphatic heterocycles. The Balaban J connectivity index is 1.61. The number of aryl methyl sites for hydroxylation is 2.